The van der Waals surface area contributed by atoms with Crippen molar-refractivity contribution in [3.05, 3.63) is 46.2 Å². The van der Waals surface area contributed by atoms with Gasteiger partial charge in [-0.25, -0.2) is 0 Å². The zero-order valence-electron chi connectivity index (χ0n) is 14.3. The molecule has 128 valence electrons. The Balaban J connectivity index is 2.15. The molecule has 1 aromatic heterocycles. The van der Waals surface area contributed by atoms with E-state index < -0.39 is 0 Å². The van der Waals surface area contributed by atoms with Gasteiger partial charge in [0.05, 0.1) is 12.0 Å². The van der Waals surface area contributed by atoms with Crippen LogP contribution in [0.25, 0.3) is 0 Å². The topological polar surface area (TPSA) is 61.4 Å². The fourth-order valence-electron chi connectivity index (χ4n) is 2.30. The second-order valence-corrected chi connectivity index (χ2v) is 6.72. The molecule has 0 aliphatic heterocycles. The molecule has 0 spiro atoms. The number of hydrogen-bond acceptors (Lipinski definition) is 4. The van der Waals surface area contributed by atoms with Crippen LogP contribution in [0.15, 0.2) is 35.7 Å². The van der Waals surface area contributed by atoms with Crippen LogP contribution in [0.2, 0.25) is 0 Å². The number of benzene rings is 1. The van der Waals surface area contributed by atoms with Crippen molar-refractivity contribution in [3.8, 4) is 0 Å². The molecule has 6 heteroatoms. The van der Waals surface area contributed by atoms with E-state index in [2.05, 4.69) is 10.6 Å². The van der Waals surface area contributed by atoms with E-state index in [-0.39, 0.29) is 11.8 Å². The van der Waals surface area contributed by atoms with Crippen LogP contribution in [0, 0.1) is 0 Å². The van der Waals surface area contributed by atoms with E-state index in [1.807, 2.05) is 55.6 Å². The lowest BCUT2D eigenvalue weighted by Crippen LogP contribution is -2.26. The predicted molar refractivity (Wildman–Crippen MR) is 100 cm³/mol. The normalized spacial score (nSPS) is 10.3. The summed E-state index contributed by atoms with van der Waals surface area (Å²) in [6.07, 6.45) is 1.21. The maximum atomic E-state index is 12.4. The maximum absolute atomic E-state index is 12.4. The minimum Gasteiger partial charge on any atom is -0.377 e. The van der Waals surface area contributed by atoms with Crippen LogP contribution >= 0.6 is 11.3 Å². The van der Waals surface area contributed by atoms with E-state index in [4.69, 9.17) is 0 Å². The lowest BCUT2D eigenvalue weighted by Gasteiger charge is -2.18. The van der Waals surface area contributed by atoms with Gasteiger partial charge in [-0.3, -0.25) is 9.59 Å². The molecule has 2 aromatic rings. The largest absolute Gasteiger partial charge is 0.377 e. The first-order valence-electron chi connectivity index (χ1n) is 7.93. The predicted octanol–water partition coefficient (Wildman–Crippen LogP) is 3.14. The molecule has 0 atom stereocenters. The summed E-state index contributed by atoms with van der Waals surface area (Å²) in [5.74, 6) is -0.218. The summed E-state index contributed by atoms with van der Waals surface area (Å²) in [5, 5.41) is 7.70. The van der Waals surface area contributed by atoms with Gasteiger partial charge in [0.15, 0.2) is 0 Å². The number of anilines is 2. The molecule has 2 N–H and O–H groups in total. The summed E-state index contributed by atoms with van der Waals surface area (Å²) >= 11 is 1.55. The van der Waals surface area contributed by atoms with Gasteiger partial charge in [0.2, 0.25) is 5.91 Å². The first-order valence-corrected chi connectivity index (χ1v) is 8.81. The van der Waals surface area contributed by atoms with Crippen molar-refractivity contribution in [2.75, 3.05) is 30.9 Å². The first kappa shape index (κ1) is 18.0. The van der Waals surface area contributed by atoms with Crippen LogP contribution in [0.5, 0.6) is 0 Å². The number of carbonyl (C=O) groups excluding carboxylic acids is 2. The molecule has 0 aliphatic rings. The van der Waals surface area contributed by atoms with Crippen molar-refractivity contribution in [2.24, 2.45) is 0 Å². The molecule has 0 bridgehead atoms. The van der Waals surface area contributed by atoms with Crippen LogP contribution in [-0.4, -0.2) is 32.5 Å². The molecular weight excluding hydrogens is 322 g/mol. The molecule has 0 aliphatic carbocycles. The Morgan fingerprint density at radius 3 is 2.62 bits per heavy atom. The number of thiophene rings is 1. The van der Waals surface area contributed by atoms with Crippen molar-refractivity contribution in [1.29, 1.82) is 0 Å². The standard InChI is InChI=1S/C18H23N3O2S/c1-4-9-19-18(23)15-11-13(7-8-16(15)21(2)3)20-17(22)12-14-6-5-10-24-14/h5-8,10-11H,4,9,12H2,1-3H3,(H,19,23)(H,20,22). The van der Waals surface area contributed by atoms with Crippen LogP contribution in [0.4, 0.5) is 11.4 Å². The Morgan fingerprint density at radius 2 is 2.00 bits per heavy atom. The van der Waals surface area contributed by atoms with Gasteiger partial charge in [0, 0.05) is 36.9 Å². The Hall–Kier alpha value is -2.34. The average Bonchev–Trinajstić information content (AvgIpc) is 3.05. The maximum Gasteiger partial charge on any atom is 0.253 e. The molecule has 0 unspecified atom stereocenters. The third-order valence-corrected chi connectivity index (χ3v) is 4.33. The second kappa shape index (κ2) is 8.49. The quantitative estimate of drug-likeness (QED) is 0.810. The molecule has 1 aromatic carbocycles. The minimum atomic E-state index is -0.130. The number of nitrogens with zero attached hydrogens (tertiary/aromatic N) is 1. The lowest BCUT2D eigenvalue weighted by molar-refractivity contribution is -0.115. The van der Waals surface area contributed by atoms with Crippen LogP contribution in [0.3, 0.4) is 0 Å². The highest BCUT2D eigenvalue weighted by Crippen LogP contribution is 2.23. The van der Waals surface area contributed by atoms with E-state index in [0.29, 0.717) is 24.2 Å². The second-order valence-electron chi connectivity index (χ2n) is 5.69. The van der Waals surface area contributed by atoms with Gasteiger partial charge >= 0.3 is 0 Å². The molecule has 2 rings (SSSR count). The van der Waals surface area contributed by atoms with Gasteiger partial charge in [-0.1, -0.05) is 13.0 Å². The molecule has 2 amide bonds. The Bertz CT molecular complexity index is 696. The van der Waals surface area contributed by atoms with E-state index in [1.165, 1.54) is 0 Å². The minimum absolute atomic E-state index is 0.0880. The summed E-state index contributed by atoms with van der Waals surface area (Å²) in [6.45, 7) is 2.63. The van der Waals surface area contributed by atoms with E-state index in [0.717, 1.165) is 17.0 Å². The fourth-order valence-corrected chi connectivity index (χ4v) is 3.00. The summed E-state index contributed by atoms with van der Waals surface area (Å²) < 4.78 is 0. The van der Waals surface area contributed by atoms with Gasteiger partial charge < -0.3 is 15.5 Å². The van der Waals surface area contributed by atoms with Crippen molar-refractivity contribution >= 4 is 34.5 Å². The summed E-state index contributed by atoms with van der Waals surface area (Å²) in [7, 11) is 3.78. The third-order valence-electron chi connectivity index (χ3n) is 3.46. The van der Waals surface area contributed by atoms with Crippen molar-refractivity contribution < 1.29 is 9.59 Å². The number of nitrogens with one attached hydrogen (secondary N) is 2. The van der Waals surface area contributed by atoms with E-state index in [9.17, 15) is 9.59 Å². The van der Waals surface area contributed by atoms with Gasteiger partial charge in [0.25, 0.3) is 5.91 Å². The average molecular weight is 345 g/mol. The Kier molecular flexibility index (Phi) is 6.37. The lowest BCUT2D eigenvalue weighted by atomic mass is 10.1. The SMILES string of the molecule is CCCNC(=O)c1cc(NC(=O)Cc2cccs2)ccc1N(C)C. The Morgan fingerprint density at radius 1 is 1.21 bits per heavy atom. The monoisotopic (exact) mass is 345 g/mol. The summed E-state index contributed by atoms with van der Waals surface area (Å²) in [6, 6.07) is 9.25. The number of amides is 2. The summed E-state index contributed by atoms with van der Waals surface area (Å²) in [5.41, 5.74) is 2.01. The molecular formula is C18H23N3O2S. The zero-order chi connectivity index (χ0) is 17.5. The van der Waals surface area contributed by atoms with Gasteiger partial charge in [-0.2, -0.15) is 0 Å². The molecule has 0 saturated heterocycles. The van der Waals surface area contributed by atoms with Crippen molar-refractivity contribution in [3.63, 3.8) is 0 Å². The third kappa shape index (κ3) is 4.83. The van der Waals surface area contributed by atoms with Crippen LogP contribution in [-0.2, 0) is 11.2 Å². The van der Waals surface area contributed by atoms with E-state index in [1.54, 1.807) is 17.4 Å². The molecule has 0 radical (unpaired) electrons. The number of hydrogen-bond donors (Lipinski definition) is 2. The zero-order valence-corrected chi connectivity index (χ0v) is 15.1. The van der Waals surface area contributed by atoms with Gasteiger partial charge in [0.1, 0.15) is 0 Å². The van der Waals surface area contributed by atoms with Gasteiger partial charge in [-0.05, 0) is 36.1 Å². The van der Waals surface area contributed by atoms with E-state index >= 15 is 0 Å². The fraction of sp³-hybridized carbons (Fsp3) is 0.333. The highest BCUT2D eigenvalue weighted by atomic mass is 32.1. The highest BCUT2D eigenvalue weighted by molar-refractivity contribution is 7.10. The molecule has 5 nitrogen and oxygen atoms in total. The molecule has 0 fully saturated rings. The number of carbonyl (C=O) groups is 2. The van der Waals surface area contributed by atoms with Crippen molar-refractivity contribution in [2.45, 2.75) is 19.8 Å². The highest BCUT2D eigenvalue weighted by Gasteiger charge is 2.14. The van der Waals surface area contributed by atoms with Crippen molar-refractivity contribution in [1.82, 2.24) is 5.32 Å². The molecule has 24 heavy (non-hydrogen) atoms. The summed E-state index contributed by atoms with van der Waals surface area (Å²) in [4.78, 5) is 27.4. The molecule has 1 heterocycles. The van der Waals surface area contributed by atoms with Gasteiger partial charge in [-0.15, -0.1) is 11.3 Å². The van der Waals surface area contributed by atoms with Crippen LogP contribution < -0.4 is 15.5 Å². The first-order chi connectivity index (χ1) is 11.5. The Labute approximate surface area is 146 Å². The molecule has 0 saturated carbocycles. The smallest absolute Gasteiger partial charge is 0.253 e. The van der Waals surface area contributed by atoms with Crippen LogP contribution in [0.1, 0.15) is 28.6 Å². The number of rotatable bonds is 7.